The second kappa shape index (κ2) is 5.79. The first-order chi connectivity index (χ1) is 9.04. The first-order valence-corrected chi connectivity index (χ1v) is 6.92. The minimum absolute atomic E-state index is 0.272. The predicted octanol–water partition coefficient (Wildman–Crippen LogP) is 1.74. The molecule has 1 unspecified atom stereocenters. The van der Waals surface area contributed by atoms with Gasteiger partial charge in [0.25, 0.3) is 0 Å². The summed E-state index contributed by atoms with van der Waals surface area (Å²) in [6.45, 7) is 3.01. The van der Waals surface area contributed by atoms with E-state index < -0.39 is 12.0 Å². The molecule has 0 bridgehead atoms. The van der Waals surface area contributed by atoms with Crippen LogP contribution in [0.2, 0.25) is 0 Å². The molecule has 2 rings (SSSR count). The van der Waals surface area contributed by atoms with E-state index >= 15 is 0 Å². The van der Waals surface area contributed by atoms with E-state index in [1.54, 1.807) is 0 Å². The number of carboxylic acid groups (broad SMARTS) is 1. The maximum absolute atomic E-state index is 10.9. The quantitative estimate of drug-likeness (QED) is 0.879. The zero-order chi connectivity index (χ0) is 14.0. The lowest BCUT2D eigenvalue weighted by Crippen LogP contribution is -2.32. The molecule has 0 radical (unpaired) electrons. The van der Waals surface area contributed by atoms with Gasteiger partial charge in [0, 0.05) is 5.56 Å². The van der Waals surface area contributed by atoms with Gasteiger partial charge in [-0.15, -0.1) is 0 Å². The van der Waals surface area contributed by atoms with Crippen LogP contribution >= 0.6 is 15.9 Å². The Hall–Kier alpha value is -1.27. The molecule has 0 aromatic heterocycles. The summed E-state index contributed by atoms with van der Waals surface area (Å²) in [6.07, 6.45) is 1.01. The third-order valence-corrected chi connectivity index (χ3v) is 3.66. The summed E-state index contributed by atoms with van der Waals surface area (Å²) >= 11 is 3.43. The number of benzene rings is 1. The monoisotopic (exact) mass is 329 g/mol. The van der Waals surface area contributed by atoms with Crippen LogP contribution in [0.3, 0.4) is 0 Å². The van der Waals surface area contributed by atoms with E-state index in [4.69, 9.17) is 20.3 Å². The fourth-order valence-corrected chi connectivity index (χ4v) is 2.74. The van der Waals surface area contributed by atoms with E-state index in [1.807, 2.05) is 13.0 Å². The number of fused-ring (bicyclic) bond motifs is 1. The van der Waals surface area contributed by atoms with Crippen molar-refractivity contribution in [2.45, 2.75) is 25.8 Å². The first kappa shape index (κ1) is 14.1. The fourth-order valence-electron chi connectivity index (χ4n) is 2.17. The Kier molecular flexibility index (Phi) is 4.31. The second-order valence-corrected chi connectivity index (χ2v) is 5.21. The zero-order valence-electron chi connectivity index (χ0n) is 10.6. The maximum atomic E-state index is 10.9. The molecule has 1 aromatic carbocycles. The Morgan fingerprint density at radius 2 is 2.11 bits per heavy atom. The van der Waals surface area contributed by atoms with E-state index in [0.29, 0.717) is 24.7 Å². The number of aliphatic carboxylic acids is 1. The molecule has 3 N–H and O–H groups in total. The highest BCUT2D eigenvalue weighted by Gasteiger charge is 2.23. The molecule has 6 heteroatoms. The van der Waals surface area contributed by atoms with Crippen molar-refractivity contribution >= 4 is 21.9 Å². The molecule has 0 aliphatic carbocycles. The third-order valence-electron chi connectivity index (χ3n) is 3.07. The molecular formula is C13H16BrNO4. The van der Waals surface area contributed by atoms with Crippen LogP contribution in [0.4, 0.5) is 0 Å². The number of halogens is 1. The Balaban J connectivity index is 2.43. The van der Waals surface area contributed by atoms with Crippen LogP contribution in [0, 0.1) is 0 Å². The summed E-state index contributed by atoms with van der Waals surface area (Å²) in [7, 11) is 0. The molecule has 5 nitrogen and oxygen atoms in total. The van der Waals surface area contributed by atoms with Crippen LogP contribution in [-0.4, -0.2) is 30.3 Å². The molecule has 104 valence electrons. The van der Waals surface area contributed by atoms with Crippen molar-refractivity contribution in [2.75, 3.05) is 13.2 Å². The van der Waals surface area contributed by atoms with Gasteiger partial charge < -0.3 is 20.3 Å². The number of hydrogen-bond acceptors (Lipinski definition) is 4. The van der Waals surface area contributed by atoms with Gasteiger partial charge in [0.1, 0.15) is 19.3 Å². The first-order valence-electron chi connectivity index (χ1n) is 6.12. The normalized spacial score (nSPS) is 15.1. The van der Waals surface area contributed by atoms with Gasteiger partial charge in [-0.2, -0.15) is 0 Å². The molecule has 0 fully saturated rings. The number of carbonyl (C=O) groups is 1. The lowest BCUT2D eigenvalue weighted by molar-refractivity contribution is -0.138. The number of hydrogen-bond donors (Lipinski definition) is 2. The van der Waals surface area contributed by atoms with Crippen LogP contribution in [0.5, 0.6) is 11.5 Å². The van der Waals surface area contributed by atoms with Crippen LogP contribution in [-0.2, 0) is 17.6 Å². The highest BCUT2D eigenvalue weighted by Crippen LogP contribution is 2.42. The number of carboxylic acids is 1. The summed E-state index contributed by atoms with van der Waals surface area (Å²) in [5.74, 6) is 0.388. The van der Waals surface area contributed by atoms with Gasteiger partial charge in [-0.05, 0) is 40.4 Å². The van der Waals surface area contributed by atoms with Gasteiger partial charge in [0.05, 0.1) is 4.47 Å². The van der Waals surface area contributed by atoms with E-state index in [9.17, 15) is 4.79 Å². The fraction of sp³-hybridized carbons (Fsp3) is 0.462. The minimum atomic E-state index is -1.01. The smallest absolute Gasteiger partial charge is 0.320 e. The van der Waals surface area contributed by atoms with E-state index in [2.05, 4.69) is 15.9 Å². The van der Waals surface area contributed by atoms with Crippen LogP contribution < -0.4 is 15.2 Å². The topological polar surface area (TPSA) is 81.8 Å². The van der Waals surface area contributed by atoms with Crippen molar-refractivity contribution in [3.63, 3.8) is 0 Å². The molecule has 1 aliphatic rings. The van der Waals surface area contributed by atoms with Gasteiger partial charge in [0.15, 0.2) is 11.5 Å². The SMILES string of the molecule is CCc1c(CC(N)C(=O)O)cc(Br)c2c1OCCO2. The standard InChI is InChI=1S/C13H16BrNO4/c1-2-8-7(6-10(15)13(16)17)5-9(14)12-11(8)18-3-4-19-12/h5,10H,2-4,6,15H2,1H3,(H,16,17). The number of ether oxygens (including phenoxy) is 2. The molecule has 0 amide bonds. The molecule has 0 saturated heterocycles. The minimum Gasteiger partial charge on any atom is -0.486 e. The van der Waals surface area contributed by atoms with Gasteiger partial charge in [-0.1, -0.05) is 6.92 Å². The Morgan fingerprint density at radius 3 is 2.68 bits per heavy atom. The number of nitrogens with two attached hydrogens (primary N) is 1. The lowest BCUT2D eigenvalue weighted by atomic mass is 9.97. The van der Waals surface area contributed by atoms with Crippen molar-refractivity contribution in [3.05, 3.63) is 21.7 Å². The molecule has 0 saturated carbocycles. The summed E-state index contributed by atoms with van der Waals surface area (Å²) in [6, 6.07) is 0.953. The van der Waals surface area contributed by atoms with Gasteiger partial charge in [-0.3, -0.25) is 4.79 Å². The molecule has 0 spiro atoms. The van der Waals surface area contributed by atoms with Crippen molar-refractivity contribution in [1.82, 2.24) is 0 Å². The highest BCUT2D eigenvalue weighted by molar-refractivity contribution is 9.10. The average Bonchev–Trinajstić information content (AvgIpc) is 2.39. The Morgan fingerprint density at radius 1 is 1.47 bits per heavy atom. The van der Waals surface area contributed by atoms with Crippen LogP contribution in [0.15, 0.2) is 10.5 Å². The van der Waals surface area contributed by atoms with Gasteiger partial charge in [0.2, 0.25) is 0 Å². The summed E-state index contributed by atoms with van der Waals surface area (Å²) in [5, 5.41) is 8.92. The summed E-state index contributed by atoms with van der Waals surface area (Å²) in [5.41, 5.74) is 7.46. The average molecular weight is 330 g/mol. The molecule has 1 aliphatic heterocycles. The lowest BCUT2D eigenvalue weighted by Gasteiger charge is -2.24. The maximum Gasteiger partial charge on any atom is 0.320 e. The van der Waals surface area contributed by atoms with Crippen LogP contribution in [0.25, 0.3) is 0 Å². The van der Waals surface area contributed by atoms with E-state index in [1.165, 1.54) is 0 Å². The number of rotatable bonds is 4. The predicted molar refractivity (Wildman–Crippen MR) is 73.8 cm³/mol. The molecule has 19 heavy (non-hydrogen) atoms. The molecule has 1 atom stereocenters. The van der Waals surface area contributed by atoms with Crippen molar-refractivity contribution in [2.24, 2.45) is 5.73 Å². The Labute approximate surface area is 119 Å². The Bertz CT molecular complexity index is 504. The van der Waals surface area contributed by atoms with Crippen molar-refractivity contribution < 1.29 is 19.4 Å². The second-order valence-electron chi connectivity index (χ2n) is 4.35. The molecule has 1 heterocycles. The molecule has 1 aromatic rings. The zero-order valence-corrected chi connectivity index (χ0v) is 12.2. The van der Waals surface area contributed by atoms with E-state index in [-0.39, 0.29) is 6.42 Å². The van der Waals surface area contributed by atoms with E-state index in [0.717, 1.165) is 22.0 Å². The van der Waals surface area contributed by atoms with Crippen molar-refractivity contribution in [1.29, 1.82) is 0 Å². The molecular weight excluding hydrogens is 314 g/mol. The largest absolute Gasteiger partial charge is 0.486 e. The summed E-state index contributed by atoms with van der Waals surface area (Å²) < 4.78 is 12.0. The van der Waals surface area contributed by atoms with Gasteiger partial charge >= 0.3 is 5.97 Å². The van der Waals surface area contributed by atoms with Crippen LogP contribution in [0.1, 0.15) is 18.1 Å². The van der Waals surface area contributed by atoms with Crippen molar-refractivity contribution in [3.8, 4) is 11.5 Å². The third kappa shape index (κ3) is 2.84. The highest BCUT2D eigenvalue weighted by atomic mass is 79.9. The summed E-state index contributed by atoms with van der Waals surface area (Å²) in [4.78, 5) is 10.9. The van der Waals surface area contributed by atoms with Gasteiger partial charge in [-0.25, -0.2) is 0 Å².